The van der Waals surface area contributed by atoms with Gasteiger partial charge in [-0.3, -0.25) is 9.48 Å². The SMILES string of the molecule is COc1ccc(/C=C/C(=O)Nc2ccn(Cc3ccccc3)n2)cc1COc1ccccc1C. The average molecular weight is 454 g/mol. The van der Waals surface area contributed by atoms with Crippen LogP contribution in [0.4, 0.5) is 5.82 Å². The molecule has 0 fully saturated rings. The first kappa shape index (κ1) is 22.9. The van der Waals surface area contributed by atoms with E-state index in [0.29, 0.717) is 19.0 Å². The quantitative estimate of drug-likeness (QED) is 0.341. The molecule has 1 aromatic heterocycles. The number of rotatable bonds is 9. The van der Waals surface area contributed by atoms with E-state index in [2.05, 4.69) is 10.4 Å². The van der Waals surface area contributed by atoms with Gasteiger partial charge in [-0.2, -0.15) is 5.10 Å². The molecule has 0 radical (unpaired) electrons. The van der Waals surface area contributed by atoms with Crippen LogP contribution in [0.15, 0.2) is 91.1 Å². The topological polar surface area (TPSA) is 65.4 Å². The van der Waals surface area contributed by atoms with Crippen LogP contribution in [0, 0.1) is 6.92 Å². The van der Waals surface area contributed by atoms with E-state index < -0.39 is 0 Å². The third kappa shape index (κ3) is 6.13. The Morgan fingerprint density at radius 2 is 1.79 bits per heavy atom. The maximum Gasteiger partial charge on any atom is 0.249 e. The number of para-hydroxylation sites is 1. The number of nitrogens with zero attached hydrogens (tertiary/aromatic N) is 2. The van der Waals surface area contributed by atoms with Crippen molar-refractivity contribution in [1.29, 1.82) is 0 Å². The second kappa shape index (κ2) is 11.0. The van der Waals surface area contributed by atoms with E-state index in [1.807, 2.05) is 85.9 Å². The molecule has 0 bridgehead atoms. The average Bonchev–Trinajstić information content (AvgIpc) is 3.29. The molecule has 4 aromatic rings. The second-order valence-corrected chi connectivity index (χ2v) is 7.83. The minimum atomic E-state index is -0.251. The van der Waals surface area contributed by atoms with Crippen molar-refractivity contribution in [1.82, 2.24) is 9.78 Å². The lowest BCUT2D eigenvalue weighted by molar-refractivity contribution is -0.111. The molecule has 1 heterocycles. The molecule has 34 heavy (non-hydrogen) atoms. The maximum atomic E-state index is 12.4. The van der Waals surface area contributed by atoms with Crippen molar-refractivity contribution in [2.75, 3.05) is 12.4 Å². The third-order valence-corrected chi connectivity index (χ3v) is 5.29. The zero-order chi connectivity index (χ0) is 23.8. The predicted octanol–water partition coefficient (Wildman–Crippen LogP) is 5.48. The summed E-state index contributed by atoms with van der Waals surface area (Å²) in [6.45, 7) is 3.02. The molecule has 6 nitrogen and oxygen atoms in total. The van der Waals surface area contributed by atoms with Gasteiger partial charge in [0.2, 0.25) is 5.91 Å². The number of aryl methyl sites for hydroxylation is 1. The number of carbonyl (C=O) groups is 1. The first-order valence-electron chi connectivity index (χ1n) is 11.0. The van der Waals surface area contributed by atoms with E-state index in [9.17, 15) is 4.79 Å². The molecule has 0 unspecified atom stereocenters. The van der Waals surface area contributed by atoms with Crippen LogP contribution < -0.4 is 14.8 Å². The number of hydrogen-bond donors (Lipinski definition) is 1. The summed E-state index contributed by atoms with van der Waals surface area (Å²) in [5.74, 6) is 1.82. The Hall–Kier alpha value is -4.32. The summed E-state index contributed by atoms with van der Waals surface area (Å²) in [4.78, 5) is 12.4. The first-order valence-corrected chi connectivity index (χ1v) is 11.0. The Labute approximate surface area is 199 Å². The van der Waals surface area contributed by atoms with E-state index >= 15 is 0 Å². The van der Waals surface area contributed by atoms with Crippen LogP contribution in [0.1, 0.15) is 22.3 Å². The standard InChI is InChI=1S/C28H27N3O3/c1-21-8-6-7-11-25(21)34-20-24-18-22(12-14-26(24)33-2)13-15-28(32)29-27-16-17-31(30-27)19-23-9-4-3-5-10-23/h3-18H,19-20H2,1-2H3,(H,29,30,32)/b15-13+. The number of benzene rings is 3. The third-order valence-electron chi connectivity index (χ3n) is 5.29. The van der Waals surface area contributed by atoms with Gasteiger partial charge >= 0.3 is 0 Å². The van der Waals surface area contributed by atoms with E-state index in [1.54, 1.807) is 23.9 Å². The summed E-state index contributed by atoms with van der Waals surface area (Å²) in [6, 6.07) is 25.4. The zero-order valence-electron chi connectivity index (χ0n) is 19.3. The number of amides is 1. The van der Waals surface area contributed by atoms with Crippen molar-refractivity contribution in [3.63, 3.8) is 0 Å². The molecule has 0 saturated heterocycles. The van der Waals surface area contributed by atoms with E-state index in [0.717, 1.165) is 33.8 Å². The fourth-order valence-corrected chi connectivity index (χ4v) is 3.52. The van der Waals surface area contributed by atoms with E-state index in [-0.39, 0.29) is 5.91 Å². The molecule has 6 heteroatoms. The Bertz CT molecular complexity index is 1280. The van der Waals surface area contributed by atoms with Gasteiger partial charge in [-0.1, -0.05) is 54.6 Å². The molecule has 4 rings (SSSR count). The van der Waals surface area contributed by atoms with Gasteiger partial charge in [0.1, 0.15) is 18.1 Å². The van der Waals surface area contributed by atoms with Gasteiger partial charge in [-0.15, -0.1) is 0 Å². The van der Waals surface area contributed by atoms with Crippen LogP contribution in [-0.4, -0.2) is 22.8 Å². The molecule has 3 aromatic carbocycles. The Balaban J connectivity index is 1.37. The fraction of sp³-hybridized carbons (Fsp3) is 0.143. The monoisotopic (exact) mass is 453 g/mol. The molecule has 172 valence electrons. The lowest BCUT2D eigenvalue weighted by atomic mass is 10.1. The molecule has 0 atom stereocenters. The van der Waals surface area contributed by atoms with Gasteiger partial charge in [-0.05, 0) is 47.9 Å². The van der Waals surface area contributed by atoms with Crippen LogP contribution in [0.5, 0.6) is 11.5 Å². The number of anilines is 1. The lowest BCUT2D eigenvalue weighted by Crippen LogP contribution is -2.09. The van der Waals surface area contributed by atoms with Crippen molar-refractivity contribution in [2.45, 2.75) is 20.1 Å². The highest BCUT2D eigenvalue weighted by molar-refractivity contribution is 6.01. The van der Waals surface area contributed by atoms with Crippen molar-refractivity contribution in [3.05, 3.63) is 113 Å². The van der Waals surface area contributed by atoms with Crippen molar-refractivity contribution >= 4 is 17.8 Å². The van der Waals surface area contributed by atoms with Crippen LogP contribution in [0.3, 0.4) is 0 Å². The molecular formula is C28H27N3O3. The Kier molecular flexibility index (Phi) is 7.40. The summed E-state index contributed by atoms with van der Waals surface area (Å²) < 4.78 is 13.2. The first-order chi connectivity index (χ1) is 16.6. The molecule has 0 aliphatic heterocycles. The van der Waals surface area contributed by atoms with Gasteiger partial charge in [-0.25, -0.2) is 0 Å². The molecule has 0 spiro atoms. The minimum absolute atomic E-state index is 0.251. The number of carbonyl (C=O) groups excluding carboxylic acids is 1. The Morgan fingerprint density at radius 1 is 1.00 bits per heavy atom. The Morgan fingerprint density at radius 3 is 2.59 bits per heavy atom. The van der Waals surface area contributed by atoms with Gasteiger partial charge in [0.15, 0.2) is 5.82 Å². The highest BCUT2D eigenvalue weighted by Crippen LogP contribution is 2.24. The number of nitrogens with one attached hydrogen (secondary N) is 1. The molecule has 0 aliphatic carbocycles. The normalized spacial score (nSPS) is 10.9. The fourth-order valence-electron chi connectivity index (χ4n) is 3.52. The number of methoxy groups -OCH3 is 1. The van der Waals surface area contributed by atoms with Crippen LogP contribution in [0.2, 0.25) is 0 Å². The number of ether oxygens (including phenoxy) is 2. The molecule has 0 saturated carbocycles. The molecular weight excluding hydrogens is 426 g/mol. The summed E-state index contributed by atoms with van der Waals surface area (Å²) in [7, 11) is 1.63. The van der Waals surface area contributed by atoms with E-state index in [1.165, 1.54) is 6.08 Å². The lowest BCUT2D eigenvalue weighted by Gasteiger charge is -2.12. The zero-order valence-corrected chi connectivity index (χ0v) is 19.3. The van der Waals surface area contributed by atoms with Crippen molar-refractivity contribution < 1.29 is 14.3 Å². The van der Waals surface area contributed by atoms with Crippen LogP contribution in [-0.2, 0) is 17.9 Å². The summed E-state index contributed by atoms with van der Waals surface area (Å²) >= 11 is 0. The molecule has 1 N–H and O–H groups in total. The van der Waals surface area contributed by atoms with Gasteiger partial charge in [0.25, 0.3) is 0 Å². The number of aromatic nitrogens is 2. The smallest absolute Gasteiger partial charge is 0.249 e. The maximum absolute atomic E-state index is 12.4. The largest absolute Gasteiger partial charge is 0.496 e. The molecule has 1 amide bonds. The van der Waals surface area contributed by atoms with E-state index in [4.69, 9.17) is 9.47 Å². The predicted molar refractivity (Wildman–Crippen MR) is 134 cm³/mol. The summed E-state index contributed by atoms with van der Waals surface area (Å²) in [6.07, 6.45) is 5.09. The van der Waals surface area contributed by atoms with Gasteiger partial charge < -0.3 is 14.8 Å². The highest BCUT2D eigenvalue weighted by atomic mass is 16.5. The van der Waals surface area contributed by atoms with Gasteiger partial charge in [0.05, 0.1) is 13.7 Å². The van der Waals surface area contributed by atoms with Crippen LogP contribution in [0.25, 0.3) is 6.08 Å². The van der Waals surface area contributed by atoms with Crippen molar-refractivity contribution in [2.24, 2.45) is 0 Å². The highest BCUT2D eigenvalue weighted by Gasteiger charge is 2.07. The summed E-state index contributed by atoms with van der Waals surface area (Å²) in [5, 5.41) is 7.22. The van der Waals surface area contributed by atoms with Crippen LogP contribution >= 0.6 is 0 Å². The van der Waals surface area contributed by atoms with Crippen molar-refractivity contribution in [3.8, 4) is 11.5 Å². The number of hydrogen-bond acceptors (Lipinski definition) is 4. The van der Waals surface area contributed by atoms with Gasteiger partial charge in [0, 0.05) is 23.9 Å². The molecule has 0 aliphatic rings. The summed E-state index contributed by atoms with van der Waals surface area (Å²) in [5.41, 5.74) is 3.98. The minimum Gasteiger partial charge on any atom is -0.496 e. The second-order valence-electron chi connectivity index (χ2n) is 7.83.